The van der Waals surface area contributed by atoms with Crippen molar-refractivity contribution in [3.63, 3.8) is 0 Å². The van der Waals surface area contributed by atoms with E-state index in [0.29, 0.717) is 11.7 Å². The third-order valence-corrected chi connectivity index (χ3v) is 4.79. The quantitative estimate of drug-likeness (QED) is 0.939. The van der Waals surface area contributed by atoms with Gasteiger partial charge in [0, 0.05) is 23.9 Å². The molecule has 2 aromatic heterocycles. The van der Waals surface area contributed by atoms with E-state index in [2.05, 4.69) is 20.4 Å². The third-order valence-electron chi connectivity index (χ3n) is 4.79. The number of pyridine rings is 1. The first kappa shape index (κ1) is 14.4. The van der Waals surface area contributed by atoms with Crippen LogP contribution in [-0.2, 0) is 10.3 Å². The second-order valence-electron chi connectivity index (χ2n) is 6.57. The molecule has 0 unspecified atom stereocenters. The molecule has 4 rings (SSSR count). The maximum atomic E-state index is 12.3. The lowest BCUT2D eigenvalue weighted by atomic mass is 9.81. The van der Waals surface area contributed by atoms with Crippen LogP contribution in [0.4, 0.5) is 0 Å². The van der Waals surface area contributed by atoms with Crippen LogP contribution >= 0.6 is 0 Å². The first-order valence-corrected chi connectivity index (χ1v) is 8.33. The SMILES string of the molecule is O=C(NC1(c2nc(-c3ccncc3)no2)CCCCC1)C1CC1. The molecule has 2 saturated carbocycles. The highest BCUT2D eigenvalue weighted by Gasteiger charge is 2.43. The lowest BCUT2D eigenvalue weighted by Crippen LogP contribution is -2.48. The van der Waals surface area contributed by atoms with E-state index in [9.17, 15) is 4.79 Å². The van der Waals surface area contributed by atoms with E-state index < -0.39 is 5.54 Å². The van der Waals surface area contributed by atoms with Crippen LogP contribution < -0.4 is 5.32 Å². The molecule has 0 bridgehead atoms. The summed E-state index contributed by atoms with van der Waals surface area (Å²) >= 11 is 0. The number of carbonyl (C=O) groups excluding carboxylic acids is 1. The van der Waals surface area contributed by atoms with Gasteiger partial charge in [-0.1, -0.05) is 24.4 Å². The Morgan fingerprint density at radius 1 is 1.17 bits per heavy atom. The predicted molar refractivity (Wildman–Crippen MR) is 83.2 cm³/mol. The fourth-order valence-corrected chi connectivity index (χ4v) is 3.27. The Hall–Kier alpha value is -2.24. The molecule has 0 aliphatic heterocycles. The monoisotopic (exact) mass is 312 g/mol. The summed E-state index contributed by atoms with van der Waals surface area (Å²) in [5.74, 6) is 1.40. The van der Waals surface area contributed by atoms with Crippen LogP contribution in [0.1, 0.15) is 50.8 Å². The van der Waals surface area contributed by atoms with Gasteiger partial charge in [-0.25, -0.2) is 0 Å². The molecule has 2 aromatic rings. The van der Waals surface area contributed by atoms with Crippen molar-refractivity contribution in [2.45, 2.75) is 50.5 Å². The van der Waals surface area contributed by atoms with Gasteiger partial charge in [-0.2, -0.15) is 4.98 Å². The molecule has 23 heavy (non-hydrogen) atoms. The average molecular weight is 312 g/mol. The molecular weight excluding hydrogens is 292 g/mol. The van der Waals surface area contributed by atoms with Gasteiger partial charge in [-0.3, -0.25) is 9.78 Å². The number of hydrogen-bond acceptors (Lipinski definition) is 5. The molecule has 2 aliphatic rings. The minimum atomic E-state index is -0.490. The number of nitrogens with one attached hydrogen (secondary N) is 1. The normalized spacial score (nSPS) is 20.2. The van der Waals surface area contributed by atoms with Crippen LogP contribution in [0.15, 0.2) is 29.0 Å². The van der Waals surface area contributed by atoms with Crippen molar-refractivity contribution in [2.75, 3.05) is 0 Å². The maximum absolute atomic E-state index is 12.3. The van der Waals surface area contributed by atoms with Gasteiger partial charge in [0.2, 0.25) is 11.7 Å². The molecule has 2 fully saturated rings. The average Bonchev–Trinajstić information content (AvgIpc) is 3.33. The second kappa shape index (κ2) is 5.76. The van der Waals surface area contributed by atoms with Crippen LogP contribution in [0, 0.1) is 5.92 Å². The van der Waals surface area contributed by atoms with Gasteiger partial charge >= 0.3 is 0 Å². The van der Waals surface area contributed by atoms with Crippen molar-refractivity contribution in [1.29, 1.82) is 0 Å². The number of aromatic nitrogens is 3. The Kier molecular flexibility index (Phi) is 3.59. The van der Waals surface area contributed by atoms with Crippen LogP contribution in [0.25, 0.3) is 11.4 Å². The summed E-state index contributed by atoms with van der Waals surface area (Å²) in [5, 5.41) is 7.34. The van der Waals surface area contributed by atoms with E-state index >= 15 is 0 Å². The van der Waals surface area contributed by atoms with Crippen LogP contribution in [0.5, 0.6) is 0 Å². The van der Waals surface area contributed by atoms with Crippen molar-refractivity contribution in [3.8, 4) is 11.4 Å². The zero-order chi connectivity index (χ0) is 15.7. The fourth-order valence-electron chi connectivity index (χ4n) is 3.27. The topological polar surface area (TPSA) is 80.9 Å². The summed E-state index contributed by atoms with van der Waals surface area (Å²) in [4.78, 5) is 20.9. The molecule has 0 atom stereocenters. The van der Waals surface area contributed by atoms with Crippen molar-refractivity contribution >= 4 is 5.91 Å². The van der Waals surface area contributed by atoms with Crippen molar-refractivity contribution in [2.24, 2.45) is 5.92 Å². The molecular formula is C17H20N4O2. The van der Waals surface area contributed by atoms with Crippen LogP contribution in [-0.4, -0.2) is 21.0 Å². The van der Waals surface area contributed by atoms with Crippen LogP contribution in [0.3, 0.4) is 0 Å². The molecule has 0 aromatic carbocycles. The summed E-state index contributed by atoms with van der Waals surface area (Å²) in [6.45, 7) is 0. The van der Waals surface area contributed by atoms with Crippen LogP contribution in [0.2, 0.25) is 0 Å². The summed E-state index contributed by atoms with van der Waals surface area (Å²) in [5.41, 5.74) is 0.380. The zero-order valence-corrected chi connectivity index (χ0v) is 13.0. The maximum Gasteiger partial charge on any atom is 0.252 e. The first-order valence-electron chi connectivity index (χ1n) is 8.33. The Morgan fingerprint density at radius 3 is 2.61 bits per heavy atom. The van der Waals surface area contributed by atoms with Gasteiger partial charge in [0.1, 0.15) is 5.54 Å². The standard InChI is InChI=1S/C17H20N4O2/c22-15(13-4-5-13)20-17(8-2-1-3-9-17)16-19-14(21-23-16)12-6-10-18-11-7-12/h6-7,10-11,13H,1-5,8-9H2,(H,20,22). The van der Waals surface area contributed by atoms with E-state index in [0.717, 1.165) is 44.1 Å². The second-order valence-corrected chi connectivity index (χ2v) is 6.57. The highest BCUT2D eigenvalue weighted by atomic mass is 16.5. The smallest absolute Gasteiger partial charge is 0.252 e. The number of carbonyl (C=O) groups is 1. The molecule has 6 nitrogen and oxygen atoms in total. The molecule has 1 N–H and O–H groups in total. The summed E-state index contributed by atoms with van der Waals surface area (Å²) in [6.07, 6.45) is 10.4. The molecule has 6 heteroatoms. The molecule has 1 amide bonds. The Morgan fingerprint density at radius 2 is 1.91 bits per heavy atom. The number of amides is 1. The Bertz CT molecular complexity index is 688. The molecule has 2 aliphatic carbocycles. The molecule has 0 saturated heterocycles. The molecule has 0 radical (unpaired) electrons. The van der Waals surface area contributed by atoms with Crippen molar-refractivity contribution < 1.29 is 9.32 Å². The lowest BCUT2D eigenvalue weighted by Gasteiger charge is -2.34. The molecule has 120 valence electrons. The number of hydrogen-bond donors (Lipinski definition) is 1. The third kappa shape index (κ3) is 2.85. The predicted octanol–water partition coefficient (Wildman–Crippen LogP) is 2.82. The summed E-state index contributed by atoms with van der Waals surface area (Å²) in [6, 6.07) is 3.70. The van der Waals surface area contributed by atoms with Gasteiger partial charge in [0.05, 0.1) is 0 Å². The fraction of sp³-hybridized carbons (Fsp3) is 0.529. The summed E-state index contributed by atoms with van der Waals surface area (Å²) in [7, 11) is 0. The van der Waals surface area contributed by atoms with E-state index in [1.165, 1.54) is 6.42 Å². The van der Waals surface area contributed by atoms with Gasteiger partial charge in [0.15, 0.2) is 0 Å². The van der Waals surface area contributed by atoms with E-state index in [1.54, 1.807) is 12.4 Å². The highest BCUT2D eigenvalue weighted by Crippen LogP contribution is 2.39. The van der Waals surface area contributed by atoms with E-state index in [-0.39, 0.29) is 11.8 Å². The lowest BCUT2D eigenvalue weighted by molar-refractivity contribution is -0.125. The zero-order valence-electron chi connectivity index (χ0n) is 13.0. The Labute approximate surface area is 134 Å². The Balaban J connectivity index is 1.63. The van der Waals surface area contributed by atoms with E-state index in [4.69, 9.17) is 4.52 Å². The van der Waals surface area contributed by atoms with Gasteiger partial charge in [-0.15, -0.1) is 0 Å². The highest BCUT2D eigenvalue weighted by molar-refractivity contribution is 5.81. The van der Waals surface area contributed by atoms with Crippen molar-refractivity contribution in [1.82, 2.24) is 20.4 Å². The minimum absolute atomic E-state index is 0.135. The largest absolute Gasteiger partial charge is 0.341 e. The number of rotatable bonds is 4. The minimum Gasteiger partial charge on any atom is -0.341 e. The van der Waals surface area contributed by atoms with Crippen molar-refractivity contribution in [3.05, 3.63) is 30.4 Å². The van der Waals surface area contributed by atoms with E-state index in [1.807, 2.05) is 12.1 Å². The number of nitrogens with zero attached hydrogens (tertiary/aromatic N) is 3. The molecule has 2 heterocycles. The molecule has 0 spiro atoms. The summed E-state index contributed by atoms with van der Waals surface area (Å²) < 4.78 is 5.57. The van der Waals surface area contributed by atoms with Gasteiger partial charge in [-0.05, 0) is 37.8 Å². The van der Waals surface area contributed by atoms with Gasteiger partial charge < -0.3 is 9.84 Å². The van der Waals surface area contributed by atoms with Gasteiger partial charge in [0.25, 0.3) is 5.89 Å². The first-order chi connectivity index (χ1) is 11.3.